The fourth-order valence-corrected chi connectivity index (χ4v) is 1.84. The third kappa shape index (κ3) is 3.82. The summed E-state index contributed by atoms with van der Waals surface area (Å²) in [6.07, 6.45) is 0. The van der Waals surface area contributed by atoms with Gasteiger partial charge in [-0.25, -0.2) is 9.59 Å². The Morgan fingerprint density at radius 1 is 1.00 bits per heavy atom. The average Bonchev–Trinajstić information content (AvgIpc) is 3.07. The summed E-state index contributed by atoms with van der Waals surface area (Å²) >= 11 is 0. The molecule has 0 amide bonds. The summed E-state index contributed by atoms with van der Waals surface area (Å²) in [5.74, 6) is 0.189. The number of benzene rings is 1. The third-order valence-corrected chi connectivity index (χ3v) is 3.01. The molecule has 2 rings (SSSR count). The molecule has 1 heterocycles. The highest BCUT2D eigenvalue weighted by Gasteiger charge is 2.16. The highest BCUT2D eigenvalue weighted by molar-refractivity contribution is 5.92. The Kier molecular flexibility index (Phi) is 5.24. The molecule has 0 atom stereocenters. The molecule has 1 aromatic heterocycles. The van der Waals surface area contributed by atoms with E-state index in [2.05, 4.69) is 4.74 Å². The molecule has 0 aliphatic carbocycles. The van der Waals surface area contributed by atoms with Crippen molar-refractivity contribution in [3.63, 3.8) is 0 Å². The first-order valence-electron chi connectivity index (χ1n) is 6.65. The van der Waals surface area contributed by atoms with E-state index in [0.29, 0.717) is 11.5 Å². The summed E-state index contributed by atoms with van der Waals surface area (Å²) in [5, 5.41) is 0. The number of ether oxygens (including phenoxy) is 4. The fourth-order valence-electron chi connectivity index (χ4n) is 1.84. The van der Waals surface area contributed by atoms with Gasteiger partial charge in [-0.15, -0.1) is 0 Å². The quantitative estimate of drug-likeness (QED) is 0.756. The van der Waals surface area contributed by atoms with Gasteiger partial charge in [-0.1, -0.05) is 0 Å². The molecule has 2 aromatic rings. The molecule has 7 heteroatoms. The normalized spacial score (nSPS) is 10.0. The van der Waals surface area contributed by atoms with Crippen molar-refractivity contribution in [3.05, 3.63) is 47.4 Å². The summed E-state index contributed by atoms with van der Waals surface area (Å²) in [7, 11) is 4.05. The third-order valence-electron chi connectivity index (χ3n) is 3.01. The number of hydrogen-bond acceptors (Lipinski definition) is 7. The van der Waals surface area contributed by atoms with Crippen molar-refractivity contribution in [2.45, 2.75) is 6.61 Å². The van der Waals surface area contributed by atoms with Crippen LogP contribution in [0.15, 0.2) is 34.7 Å². The molecule has 122 valence electrons. The molecule has 23 heavy (non-hydrogen) atoms. The van der Waals surface area contributed by atoms with E-state index in [4.69, 9.17) is 18.6 Å². The zero-order valence-electron chi connectivity index (χ0n) is 13.0. The second kappa shape index (κ2) is 7.35. The van der Waals surface area contributed by atoms with Gasteiger partial charge in [-0.05, 0) is 24.3 Å². The highest BCUT2D eigenvalue weighted by atomic mass is 16.5. The fraction of sp³-hybridized carbons (Fsp3) is 0.250. The van der Waals surface area contributed by atoms with Gasteiger partial charge in [0.2, 0.25) is 5.76 Å². The van der Waals surface area contributed by atoms with Crippen molar-refractivity contribution in [1.82, 2.24) is 0 Å². The van der Waals surface area contributed by atoms with Gasteiger partial charge in [0.1, 0.15) is 29.4 Å². The average molecular weight is 320 g/mol. The molecule has 1 aromatic carbocycles. The van der Waals surface area contributed by atoms with Crippen LogP contribution in [-0.4, -0.2) is 33.3 Å². The minimum Gasteiger partial charge on any atom is -0.497 e. The van der Waals surface area contributed by atoms with Crippen molar-refractivity contribution in [1.29, 1.82) is 0 Å². The van der Waals surface area contributed by atoms with Gasteiger partial charge in [0, 0.05) is 6.07 Å². The largest absolute Gasteiger partial charge is 0.497 e. The van der Waals surface area contributed by atoms with Crippen LogP contribution in [0.2, 0.25) is 0 Å². The zero-order valence-corrected chi connectivity index (χ0v) is 13.0. The topological polar surface area (TPSA) is 84.2 Å². The number of esters is 2. The molecule has 0 saturated carbocycles. The number of carbonyl (C=O) groups is 2. The minimum absolute atomic E-state index is 0.0220. The van der Waals surface area contributed by atoms with Crippen molar-refractivity contribution in [2.75, 3.05) is 21.3 Å². The summed E-state index contributed by atoms with van der Waals surface area (Å²) in [6.45, 7) is 0.0220. The molecular formula is C16H16O7. The molecular weight excluding hydrogens is 304 g/mol. The van der Waals surface area contributed by atoms with Crippen molar-refractivity contribution >= 4 is 11.9 Å². The molecule has 0 spiro atoms. The van der Waals surface area contributed by atoms with E-state index in [1.165, 1.54) is 27.4 Å². The standard InChI is InChI=1S/C16H16O7/c1-19-10-4-6-12(15(17)20-2)14(8-10)22-9-11-5-7-13(23-11)16(18)21-3/h4-8H,9H2,1-3H3. The molecule has 0 bridgehead atoms. The summed E-state index contributed by atoms with van der Waals surface area (Å²) in [4.78, 5) is 23.1. The van der Waals surface area contributed by atoms with Crippen LogP contribution in [0.25, 0.3) is 0 Å². The Morgan fingerprint density at radius 3 is 2.39 bits per heavy atom. The number of furan rings is 1. The van der Waals surface area contributed by atoms with Crippen LogP contribution in [0.3, 0.4) is 0 Å². The molecule has 0 N–H and O–H groups in total. The molecule has 0 radical (unpaired) electrons. The van der Waals surface area contributed by atoms with Crippen LogP contribution in [0, 0.1) is 0 Å². The predicted octanol–water partition coefficient (Wildman–Crippen LogP) is 2.44. The molecule has 0 fully saturated rings. The van der Waals surface area contributed by atoms with E-state index in [9.17, 15) is 9.59 Å². The van der Waals surface area contributed by atoms with E-state index in [-0.39, 0.29) is 23.7 Å². The summed E-state index contributed by atoms with van der Waals surface area (Å²) in [5.41, 5.74) is 0.257. The van der Waals surface area contributed by atoms with Gasteiger partial charge in [0.15, 0.2) is 0 Å². The second-order valence-corrected chi connectivity index (χ2v) is 4.40. The molecule has 0 saturated heterocycles. The smallest absolute Gasteiger partial charge is 0.373 e. The monoisotopic (exact) mass is 320 g/mol. The lowest BCUT2D eigenvalue weighted by atomic mass is 10.2. The Hall–Kier alpha value is -2.96. The first-order chi connectivity index (χ1) is 11.1. The van der Waals surface area contributed by atoms with Crippen LogP contribution in [0.1, 0.15) is 26.7 Å². The lowest BCUT2D eigenvalue weighted by Gasteiger charge is -2.11. The molecule has 0 unspecified atom stereocenters. The highest BCUT2D eigenvalue weighted by Crippen LogP contribution is 2.26. The Labute approximate surface area is 132 Å². The van der Waals surface area contributed by atoms with Crippen molar-refractivity contribution in [3.8, 4) is 11.5 Å². The first kappa shape index (κ1) is 16.4. The maximum atomic E-state index is 11.7. The van der Waals surface area contributed by atoms with E-state index in [1.807, 2.05) is 0 Å². The molecule has 7 nitrogen and oxygen atoms in total. The summed E-state index contributed by atoms with van der Waals surface area (Å²) in [6, 6.07) is 7.81. The maximum absolute atomic E-state index is 11.7. The van der Waals surface area contributed by atoms with E-state index < -0.39 is 11.9 Å². The first-order valence-corrected chi connectivity index (χ1v) is 6.65. The van der Waals surface area contributed by atoms with Crippen LogP contribution in [-0.2, 0) is 16.1 Å². The van der Waals surface area contributed by atoms with E-state index >= 15 is 0 Å². The second-order valence-electron chi connectivity index (χ2n) is 4.40. The van der Waals surface area contributed by atoms with Crippen LogP contribution in [0.5, 0.6) is 11.5 Å². The van der Waals surface area contributed by atoms with E-state index in [1.54, 1.807) is 24.3 Å². The SMILES string of the molecule is COC(=O)c1ccc(COc2cc(OC)ccc2C(=O)OC)o1. The lowest BCUT2D eigenvalue weighted by molar-refractivity contribution is 0.0560. The Bertz CT molecular complexity index is 702. The van der Waals surface area contributed by atoms with Crippen molar-refractivity contribution < 1.29 is 33.0 Å². The predicted molar refractivity (Wildman–Crippen MR) is 78.7 cm³/mol. The van der Waals surface area contributed by atoms with Gasteiger partial charge >= 0.3 is 11.9 Å². The minimum atomic E-state index is -0.576. The Balaban J connectivity index is 2.17. The maximum Gasteiger partial charge on any atom is 0.373 e. The molecule has 0 aliphatic rings. The van der Waals surface area contributed by atoms with Gasteiger partial charge in [0.25, 0.3) is 0 Å². The number of carbonyl (C=O) groups excluding carboxylic acids is 2. The van der Waals surface area contributed by atoms with Crippen LogP contribution in [0.4, 0.5) is 0 Å². The van der Waals surface area contributed by atoms with Gasteiger partial charge < -0.3 is 23.4 Å². The van der Waals surface area contributed by atoms with Gasteiger partial charge in [0.05, 0.1) is 21.3 Å². The lowest BCUT2D eigenvalue weighted by Crippen LogP contribution is -2.06. The molecule has 0 aliphatic heterocycles. The summed E-state index contributed by atoms with van der Waals surface area (Å²) < 4.78 is 25.3. The number of hydrogen-bond donors (Lipinski definition) is 0. The zero-order chi connectivity index (χ0) is 16.8. The van der Waals surface area contributed by atoms with Gasteiger partial charge in [-0.2, -0.15) is 0 Å². The van der Waals surface area contributed by atoms with E-state index in [0.717, 1.165) is 0 Å². The Morgan fingerprint density at radius 2 is 1.74 bits per heavy atom. The number of rotatable bonds is 6. The number of methoxy groups -OCH3 is 3. The van der Waals surface area contributed by atoms with Crippen LogP contribution >= 0.6 is 0 Å². The van der Waals surface area contributed by atoms with Crippen molar-refractivity contribution in [2.24, 2.45) is 0 Å². The van der Waals surface area contributed by atoms with Gasteiger partial charge in [-0.3, -0.25) is 0 Å². The van der Waals surface area contributed by atoms with Crippen LogP contribution < -0.4 is 9.47 Å².